The summed E-state index contributed by atoms with van der Waals surface area (Å²) in [5.74, 6) is 2.11. The second kappa shape index (κ2) is 9.09. The van der Waals surface area contributed by atoms with E-state index in [4.69, 9.17) is 4.74 Å². The number of amides is 1. The molecule has 0 saturated carbocycles. The maximum Gasteiger partial charge on any atom is 0.220 e. The average molecular weight is 393 g/mol. The first kappa shape index (κ1) is 19.5. The van der Waals surface area contributed by atoms with E-state index in [2.05, 4.69) is 50.5 Å². The Kier molecular flexibility index (Phi) is 6.10. The van der Waals surface area contributed by atoms with Gasteiger partial charge in [0.2, 0.25) is 5.91 Å². The summed E-state index contributed by atoms with van der Waals surface area (Å²) in [4.78, 5) is 22.6. The van der Waals surface area contributed by atoms with Crippen molar-refractivity contribution in [3.63, 3.8) is 0 Å². The molecule has 1 aromatic heterocycles. The quantitative estimate of drug-likeness (QED) is 0.646. The van der Waals surface area contributed by atoms with Crippen molar-refractivity contribution >= 4 is 16.9 Å². The maximum absolute atomic E-state index is 12.4. The fraction of sp³-hybridized carbons (Fsp3) is 0.391. The van der Waals surface area contributed by atoms with Crippen LogP contribution in [-0.2, 0) is 17.9 Å². The van der Waals surface area contributed by atoms with Crippen LogP contribution in [0.25, 0.3) is 11.0 Å². The lowest BCUT2D eigenvalue weighted by Crippen LogP contribution is -2.35. The van der Waals surface area contributed by atoms with Crippen molar-refractivity contribution in [2.45, 2.75) is 32.4 Å². The minimum absolute atomic E-state index is 0.101. The minimum Gasteiger partial charge on any atom is -0.497 e. The third kappa shape index (κ3) is 5.15. The first-order chi connectivity index (χ1) is 14.2. The molecule has 2 aromatic carbocycles. The van der Waals surface area contributed by atoms with E-state index < -0.39 is 0 Å². The Morgan fingerprint density at radius 1 is 1.21 bits per heavy atom. The zero-order valence-corrected chi connectivity index (χ0v) is 16.9. The van der Waals surface area contributed by atoms with Crippen molar-refractivity contribution in [1.29, 1.82) is 0 Å². The molecular formula is C23H28N4O2. The lowest BCUT2D eigenvalue weighted by molar-refractivity contribution is -0.122. The molecule has 2 N–H and O–H groups in total. The van der Waals surface area contributed by atoms with Gasteiger partial charge in [0.15, 0.2) is 0 Å². The molecule has 0 spiro atoms. The first-order valence-corrected chi connectivity index (χ1v) is 10.3. The molecule has 0 atom stereocenters. The highest BCUT2D eigenvalue weighted by Gasteiger charge is 2.21. The van der Waals surface area contributed by atoms with Crippen LogP contribution in [0.5, 0.6) is 5.75 Å². The third-order valence-corrected chi connectivity index (χ3v) is 5.62. The summed E-state index contributed by atoms with van der Waals surface area (Å²) in [5.41, 5.74) is 3.15. The molecule has 1 aliphatic rings. The van der Waals surface area contributed by atoms with E-state index >= 15 is 0 Å². The number of nitrogens with one attached hydrogen (secondary N) is 2. The van der Waals surface area contributed by atoms with Gasteiger partial charge in [-0.05, 0) is 49.5 Å². The van der Waals surface area contributed by atoms with Crippen LogP contribution >= 0.6 is 0 Å². The summed E-state index contributed by atoms with van der Waals surface area (Å²) in [7, 11) is 1.64. The number of carbonyl (C=O) groups excluding carboxylic acids is 1. The number of rotatable bonds is 7. The van der Waals surface area contributed by atoms with Gasteiger partial charge in [-0.2, -0.15) is 0 Å². The van der Waals surface area contributed by atoms with Gasteiger partial charge in [0, 0.05) is 19.0 Å². The molecule has 0 unspecified atom stereocenters. The lowest BCUT2D eigenvalue weighted by atomic mass is 9.93. The van der Waals surface area contributed by atoms with E-state index in [1.54, 1.807) is 7.11 Å². The van der Waals surface area contributed by atoms with Crippen molar-refractivity contribution in [2.24, 2.45) is 5.92 Å². The summed E-state index contributed by atoms with van der Waals surface area (Å²) in [6.45, 7) is 3.52. The largest absolute Gasteiger partial charge is 0.497 e. The topological polar surface area (TPSA) is 70.2 Å². The zero-order chi connectivity index (χ0) is 20.1. The SMILES string of the molecule is COc1ccc2nc(CNC(=O)CC3CCN(Cc4ccccc4)CC3)[nH]c2c1. The Morgan fingerprint density at radius 2 is 2.00 bits per heavy atom. The molecule has 0 radical (unpaired) electrons. The van der Waals surface area contributed by atoms with E-state index in [9.17, 15) is 4.79 Å². The number of hydrogen-bond donors (Lipinski definition) is 2. The van der Waals surface area contributed by atoms with Crippen LogP contribution in [0, 0.1) is 5.92 Å². The third-order valence-electron chi connectivity index (χ3n) is 5.62. The average Bonchev–Trinajstić information content (AvgIpc) is 3.16. The standard InChI is InChI=1S/C23H28N4O2/c1-29-19-7-8-20-21(14-19)26-22(25-20)15-24-23(28)13-17-9-11-27(12-10-17)16-18-5-3-2-4-6-18/h2-8,14,17H,9-13,15-16H2,1H3,(H,24,28)(H,25,26). The molecule has 6 heteroatoms. The number of hydrogen-bond acceptors (Lipinski definition) is 4. The van der Waals surface area contributed by atoms with Gasteiger partial charge in [0.1, 0.15) is 11.6 Å². The monoisotopic (exact) mass is 392 g/mol. The molecule has 6 nitrogen and oxygen atoms in total. The molecular weight excluding hydrogens is 364 g/mol. The van der Waals surface area contributed by atoms with Crippen molar-refractivity contribution in [1.82, 2.24) is 20.2 Å². The molecule has 1 amide bonds. The van der Waals surface area contributed by atoms with Gasteiger partial charge < -0.3 is 15.0 Å². The summed E-state index contributed by atoms with van der Waals surface area (Å²) in [6.07, 6.45) is 2.74. The number of piperidine rings is 1. The number of benzene rings is 2. The Hall–Kier alpha value is -2.86. The van der Waals surface area contributed by atoms with Crippen LogP contribution in [0.2, 0.25) is 0 Å². The number of carbonyl (C=O) groups is 1. The van der Waals surface area contributed by atoms with Gasteiger partial charge in [-0.25, -0.2) is 4.98 Å². The second-order valence-electron chi connectivity index (χ2n) is 7.75. The summed E-state index contributed by atoms with van der Waals surface area (Å²) < 4.78 is 5.23. The van der Waals surface area contributed by atoms with E-state index in [-0.39, 0.29) is 5.91 Å². The van der Waals surface area contributed by atoms with Crippen molar-refractivity contribution in [3.8, 4) is 5.75 Å². The number of likely N-dealkylation sites (tertiary alicyclic amines) is 1. The number of fused-ring (bicyclic) bond motifs is 1. The first-order valence-electron chi connectivity index (χ1n) is 10.3. The lowest BCUT2D eigenvalue weighted by Gasteiger charge is -2.31. The molecule has 152 valence electrons. The molecule has 1 saturated heterocycles. The number of ether oxygens (including phenoxy) is 1. The number of aromatic amines is 1. The van der Waals surface area contributed by atoms with E-state index in [1.165, 1.54) is 5.56 Å². The number of nitrogens with zero attached hydrogens (tertiary/aromatic N) is 2. The maximum atomic E-state index is 12.4. The number of methoxy groups -OCH3 is 1. The predicted molar refractivity (Wildman–Crippen MR) is 114 cm³/mol. The van der Waals surface area contributed by atoms with Crippen LogP contribution in [0.15, 0.2) is 48.5 Å². The highest BCUT2D eigenvalue weighted by atomic mass is 16.5. The molecule has 1 fully saturated rings. The van der Waals surface area contributed by atoms with Gasteiger partial charge in [0.05, 0.1) is 24.7 Å². The van der Waals surface area contributed by atoms with E-state index in [1.807, 2.05) is 18.2 Å². The number of H-pyrrole nitrogens is 1. The zero-order valence-electron chi connectivity index (χ0n) is 16.9. The van der Waals surface area contributed by atoms with Crippen molar-refractivity contribution < 1.29 is 9.53 Å². The normalized spacial score (nSPS) is 15.5. The van der Waals surface area contributed by atoms with Crippen LogP contribution in [-0.4, -0.2) is 41.0 Å². The predicted octanol–water partition coefficient (Wildman–Crippen LogP) is 3.49. The minimum atomic E-state index is 0.101. The fourth-order valence-corrected chi connectivity index (χ4v) is 3.96. The van der Waals surface area contributed by atoms with Crippen molar-refractivity contribution in [3.05, 3.63) is 59.9 Å². The van der Waals surface area contributed by atoms with Crippen LogP contribution in [0.1, 0.15) is 30.7 Å². The Bertz CT molecular complexity index is 946. The Labute approximate surface area is 171 Å². The molecule has 4 rings (SSSR count). The van der Waals surface area contributed by atoms with Crippen LogP contribution < -0.4 is 10.1 Å². The smallest absolute Gasteiger partial charge is 0.220 e. The molecule has 3 aromatic rings. The summed E-state index contributed by atoms with van der Waals surface area (Å²) in [6, 6.07) is 16.3. The van der Waals surface area contributed by atoms with E-state index in [0.717, 1.165) is 55.1 Å². The van der Waals surface area contributed by atoms with Crippen molar-refractivity contribution in [2.75, 3.05) is 20.2 Å². The molecule has 0 bridgehead atoms. The molecule has 29 heavy (non-hydrogen) atoms. The fourth-order valence-electron chi connectivity index (χ4n) is 3.96. The van der Waals surface area contributed by atoms with Crippen LogP contribution in [0.3, 0.4) is 0 Å². The highest BCUT2D eigenvalue weighted by Crippen LogP contribution is 2.22. The highest BCUT2D eigenvalue weighted by molar-refractivity contribution is 5.78. The Balaban J connectivity index is 1.21. The number of imidazole rings is 1. The van der Waals surface area contributed by atoms with Gasteiger partial charge in [-0.1, -0.05) is 30.3 Å². The molecule has 1 aliphatic heterocycles. The summed E-state index contributed by atoms with van der Waals surface area (Å²) in [5, 5.41) is 3.01. The van der Waals surface area contributed by atoms with Gasteiger partial charge >= 0.3 is 0 Å². The van der Waals surface area contributed by atoms with E-state index in [0.29, 0.717) is 18.9 Å². The molecule has 2 heterocycles. The summed E-state index contributed by atoms with van der Waals surface area (Å²) >= 11 is 0. The van der Waals surface area contributed by atoms with Gasteiger partial charge in [0.25, 0.3) is 0 Å². The Morgan fingerprint density at radius 3 is 2.76 bits per heavy atom. The molecule has 0 aliphatic carbocycles. The van der Waals surface area contributed by atoms with Gasteiger partial charge in [-0.3, -0.25) is 9.69 Å². The van der Waals surface area contributed by atoms with Gasteiger partial charge in [-0.15, -0.1) is 0 Å². The van der Waals surface area contributed by atoms with Crippen LogP contribution in [0.4, 0.5) is 0 Å². The number of aromatic nitrogens is 2. The second-order valence-corrected chi connectivity index (χ2v) is 7.75.